The highest BCUT2D eigenvalue weighted by Gasteiger charge is 2.22. The lowest BCUT2D eigenvalue weighted by molar-refractivity contribution is -0.123. The number of aryl methyl sites for hydroxylation is 1. The van der Waals surface area contributed by atoms with Crippen molar-refractivity contribution in [2.24, 2.45) is 11.7 Å². The Balaban J connectivity index is 1.28. The van der Waals surface area contributed by atoms with E-state index in [-0.39, 0.29) is 24.2 Å². The molecule has 2 amide bonds. The number of hydrogen-bond acceptors (Lipinski definition) is 6. The van der Waals surface area contributed by atoms with Gasteiger partial charge >= 0.3 is 5.63 Å². The van der Waals surface area contributed by atoms with Gasteiger partial charge in [-0.25, -0.2) is 4.79 Å². The number of primary amides is 1. The van der Waals surface area contributed by atoms with E-state index in [1.165, 1.54) is 5.56 Å². The van der Waals surface area contributed by atoms with Gasteiger partial charge in [0.15, 0.2) is 0 Å². The Morgan fingerprint density at radius 3 is 2.50 bits per heavy atom. The van der Waals surface area contributed by atoms with E-state index in [1.54, 1.807) is 13.2 Å². The number of methoxy groups -OCH3 is 1. The molecule has 190 valence electrons. The zero-order chi connectivity index (χ0) is 25.7. The molecule has 0 unspecified atom stereocenters. The molecule has 1 aliphatic heterocycles. The number of nitrogens with two attached hydrogens (primary N) is 1. The number of rotatable bonds is 9. The van der Waals surface area contributed by atoms with Gasteiger partial charge in [-0.3, -0.25) is 9.59 Å². The lowest BCUT2D eigenvalue weighted by Gasteiger charge is -2.30. The van der Waals surface area contributed by atoms with E-state index < -0.39 is 5.63 Å². The summed E-state index contributed by atoms with van der Waals surface area (Å²) < 4.78 is 10.7. The zero-order valence-corrected chi connectivity index (χ0v) is 20.8. The van der Waals surface area contributed by atoms with Crippen molar-refractivity contribution in [3.05, 3.63) is 69.6 Å². The molecular formula is C28H33N3O5. The van der Waals surface area contributed by atoms with Gasteiger partial charge in [0.05, 0.1) is 7.11 Å². The first-order chi connectivity index (χ1) is 17.3. The smallest absolute Gasteiger partial charge is 0.339 e. The largest absolute Gasteiger partial charge is 0.497 e. The van der Waals surface area contributed by atoms with Crippen LogP contribution in [0.2, 0.25) is 0 Å². The molecule has 1 saturated heterocycles. The summed E-state index contributed by atoms with van der Waals surface area (Å²) in [4.78, 5) is 38.7. The number of carbonyl (C=O) groups excluding carboxylic acids is 2. The molecule has 8 nitrogen and oxygen atoms in total. The maximum absolute atomic E-state index is 12.5. The van der Waals surface area contributed by atoms with Crippen molar-refractivity contribution in [2.45, 2.75) is 39.0 Å². The van der Waals surface area contributed by atoms with Crippen LogP contribution < -0.4 is 21.4 Å². The summed E-state index contributed by atoms with van der Waals surface area (Å²) in [6.45, 7) is 4.59. The summed E-state index contributed by atoms with van der Waals surface area (Å²) in [5, 5.41) is 3.74. The van der Waals surface area contributed by atoms with Crippen LogP contribution >= 0.6 is 0 Å². The highest BCUT2D eigenvalue weighted by Crippen LogP contribution is 2.24. The summed E-state index contributed by atoms with van der Waals surface area (Å²) in [7, 11) is 1.56. The van der Waals surface area contributed by atoms with Gasteiger partial charge in [0.2, 0.25) is 11.8 Å². The first kappa shape index (κ1) is 25.4. The van der Waals surface area contributed by atoms with Gasteiger partial charge in [0.1, 0.15) is 11.3 Å². The van der Waals surface area contributed by atoms with Crippen molar-refractivity contribution in [1.29, 1.82) is 0 Å². The van der Waals surface area contributed by atoms with Gasteiger partial charge < -0.3 is 25.1 Å². The fraction of sp³-hybridized carbons (Fsp3) is 0.393. The molecule has 4 rings (SSSR count). The summed E-state index contributed by atoms with van der Waals surface area (Å²) in [6, 6.07) is 13.2. The number of benzene rings is 2. The number of amides is 2. The van der Waals surface area contributed by atoms with Crippen molar-refractivity contribution in [1.82, 2.24) is 4.90 Å². The molecule has 2 aromatic carbocycles. The van der Waals surface area contributed by atoms with Gasteiger partial charge in [-0.1, -0.05) is 12.1 Å². The van der Waals surface area contributed by atoms with Crippen molar-refractivity contribution in [3.8, 4) is 5.75 Å². The van der Waals surface area contributed by atoms with E-state index in [2.05, 4.69) is 10.2 Å². The summed E-state index contributed by atoms with van der Waals surface area (Å²) >= 11 is 0. The Bertz CT molecular complexity index is 1290. The Morgan fingerprint density at radius 1 is 1.11 bits per heavy atom. The number of ether oxygens (including phenoxy) is 1. The molecule has 36 heavy (non-hydrogen) atoms. The van der Waals surface area contributed by atoms with Crippen LogP contribution in [0.25, 0.3) is 11.0 Å². The third-order valence-corrected chi connectivity index (χ3v) is 7.04. The first-order valence-electron chi connectivity index (χ1n) is 12.3. The predicted octanol–water partition coefficient (Wildman–Crippen LogP) is 3.42. The van der Waals surface area contributed by atoms with Crippen LogP contribution in [0.1, 0.15) is 36.0 Å². The summed E-state index contributed by atoms with van der Waals surface area (Å²) in [6.07, 6.45) is 3.03. The minimum absolute atomic E-state index is 0.00743. The van der Waals surface area contributed by atoms with Crippen molar-refractivity contribution >= 4 is 28.5 Å². The van der Waals surface area contributed by atoms with E-state index in [1.807, 2.05) is 43.3 Å². The molecule has 0 atom stereocenters. The maximum atomic E-state index is 12.5. The molecule has 0 aliphatic carbocycles. The van der Waals surface area contributed by atoms with Gasteiger partial charge in [0.25, 0.3) is 0 Å². The Labute approximate surface area is 210 Å². The van der Waals surface area contributed by atoms with Crippen LogP contribution in [0.5, 0.6) is 5.75 Å². The molecule has 0 bridgehead atoms. The lowest BCUT2D eigenvalue weighted by atomic mass is 9.96. The highest BCUT2D eigenvalue weighted by atomic mass is 16.5. The van der Waals surface area contributed by atoms with E-state index in [0.717, 1.165) is 55.5 Å². The number of carbonyl (C=O) groups is 2. The lowest BCUT2D eigenvalue weighted by Crippen LogP contribution is -2.39. The van der Waals surface area contributed by atoms with Gasteiger partial charge in [0, 0.05) is 41.6 Å². The molecule has 8 heteroatoms. The van der Waals surface area contributed by atoms with Crippen molar-refractivity contribution in [3.63, 3.8) is 0 Å². The monoisotopic (exact) mass is 491 g/mol. The van der Waals surface area contributed by atoms with Gasteiger partial charge in [-0.15, -0.1) is 0 Å². The molecule has 0 radical (unpaired) electrons. The van der Waals surface area contributed by atoms with Crippen LogP contribution in [0.15, 0.2) is 51.7 Å². The van der Waals surface area contributed by atoms with Crippen molar-refractivity contribution < 1.29 is 18.7 Å². The maximum Gasteiger partial charge on any atom is 0.339 e. The van der Waals surface area contributed by atoms with Gasteiger partial charge in [-0.2, -0.15) is 0 Å². The second-order valence-corrected chi connectivity index (χ2v) is 9.37. The second kappa shape index (κ2) is 11.4. The molecule has 2 heterocycles. The normalized spacial score (nSPS) is 14.6. The quantitative estimate of drug-likeness (QED) is 0.443. The molecule has 3 N–H and O–H groups in total. The Kier molecular flexibility index (Phi) is 8.05. The zero-order valence-electron chi connectivity index (χ0n) is 20.8. The molecule has 0 spiro atoms. The van der Waals surface area contributed by atoms with Crippen LogP contribution in [0.4, 0.5) is 5.69 Å². The molecule has 1 fully saturated rings. The number of hydrogen-bond donors (Lipinski definition) is 2. The van der Waals surface area contributed by atoms with Crippen molar-refractivity contribution in [2.75, 3.05) is 32.1 Å². The minimum atomic E-state index is -0.427. The predicted molar refractivity (Wildman–Crippen MR) is 139 cm³/mol. The average molecular weight is 492 g/mol. The molecule has 1 aromatic heterocycles. The number of anilines is 1. The van der Waals surface area contributed by atoms with E-state index in [4.69, 9.17) is 14.9 Å². The van der Waals surface area contributed by atoms with E-state index in [9.17, 15) is 14.4 Å². The fourth-order valence-electron chi connectivity index (χ4n) is 4.74. The van der Waals surface area contributed by atoms with Gasteiger partial charge in [-0.05, 0) is 81.1 Å². The second-order valence-electron chi connectivity index (χ2n) is 9.37. The number of fused-ring (bicyclic) bond motifs is 1. The molecular weight excluding hydrogens is 458 g/mol. The topological polar surface area (TPSA) is 115 Å². The number of piperidine rings is 1. The Morgan fingerprint density at radius 2 is 1.83 bits per heavy atom. The number of nitrogens with zero attached hydrogens (tertiary/aromatic N) is 1. The average Bonchev–Trinajstić information content (AvgIpc) is 2.88. The molecule has 0 saturated carbocycles. The third-order valence-electron chi connectivity index (χ3n) is 7.04. The molecule has 3 aromatic rings. The van der Waals surface area contributed by atoms with Crippen LogP contribution in [-0.2, 0) is 22.4 Å². The SMILES string of the molecule is COc1ccc2c(C)c(CCC(=O)Nc3ccc(CCN4CCC(C(N)=O)CC4)cc3)c(=O)oc2c1. The fourth-order valence-corrected chi connectivity index (χ4v) is 4.74. The van der Waals surface area contributed by atoms with E-state index >= 15 is 0 Å². The number of nitrogens with one attached hydrogen (secondary N) is 1. The van der Waals surface area contributed by atoms with Crippen LogP contribution in [0.3, 0.4) is 0 Å². The molecule has 1 aliphatic rings. The minimum Gasteiger partial charge on any atom is -0.497 e. The van der Waals surface area contributed by atoms with E-state index in [0.29, 0.717) is 23.3 Å². The Hall–Kier alpha value is -3.65. The number of likely N-dealkylation sites (tertiary alicyclic amines) is 1. The first-order valence-corrected chi connectivity index (χ1v) is 12.3. The van der Waals surface area contributed by atoms with Crippen LogP contribution in [-0.4, -0.2) is 43.5 Å². The summed E-state index contributed by atoms with van der Waals surface area (Å²) in [5.74, 6) is 0.277. The highest BCUT2D eigenvalue weighted by molar-refractivity contribution is 5.91. The van der Waals surface area contributed by atoms with Crippen LogP contribution in [0, 0.1) is 12.8 Å². The standard InChI is InChI=1S/C28H33N3O5/c1-18-23-8-7-22(35-2)17-25(23)36-28(34)24(18)9-10-26(32)30-21-5-3-19(4-6-21)11-14-31-15-12-20(13-16-31)27(29)33/h3-8,17,20H,9-16H2,1-2H3,(H2,29,33)(H,30,32). The third kappa shape index (κ3) is 6.12. The summed E-state index contributed by atoms with van der Waals surface area (Å²) in [5.41, 5.74) is 8.69.